The Morgan fingerprint density at radius 1 is 0.933 bits per heavy atom. The molecule has 0 amide bonds. The lowest BCUT2D eigenvalue weighted by molar-refractivity contribution is 0.602. The number of oxazole rings is 1. The Hall–Kier alpha value is -3.15. The van der Waals surface area contributed by atoms with Crippen molar-refractivity contribution in [2.45, 2.75) is 6.04 Å². The molecule has 148 valence electrons. The Morgan fingerprint density at radius 3 is 2.60 bits per heavy atom. The largest absolute Gasteiger partial charge is 0.423 e. The molecular formula is C23H14Cl2FN3O. The van der Waals surface area contributed by atoms with Crippen LogP contribution in [0.5, 0.6) is 0 Å². The van der Waals surface area contributed by atoms with Gasteiger partial charge in [-0.05, 0) is 41.3 Å². The van der Waals surface area contributed by atoms with E-state index >= 15 is 0 Å². The fourth-order valence-corrected chi connectivity index (χ4v) is 3.64. The minimum absolute atomic E-state index is 0.0560. The third kappa shape index (κ3) is 3.58. The van der Waals surface area contributed by atoms with Gasteiger partial charge in [-0.1, -0.05) is 53.5 Å². The fourth-order valence-electron chi connectivity index (χ4n) is 3.36. The summed E-state index contributed by atoms with van der Waals surface area (Å²) in [5.41, 5.74) is 2.54. The summed E-state index contributed by atoms with van der Waals surface area (Å²) in [4.78, 5) is 9.05. The summed E-state index contributed by atoms with van der Waals surface area (Å²) >= 11 is 11.9. The first-order valence-electron chi connectivity index (χ1n) is 9.19. The van der Waals surface area contributed by atoms with Crippen molar-refractivity contribution in [3.05, 3.63) is 100 Å². The lowest BCUT2D eigenvalue weighted by atomic mass is 10.0. The molecule has 0 fully saturated rings. The molecule has 7 heteroatoms. The number of nitrogens with zero attached hydrogens (tertiary/aromatic N) is 2. The molecule has 0 aliphatic rings. The molecule has 0 saturated carbocycles. The van der Waals surface area contributed by atoms with Crippen LogP contribution in [0.4, 0.5) is 10.4 Å². The molecule has 0 aliphatic heterocycles. The maximum absolute atomic E-state index is 14.2. The number of rotatable bonds is 4. The molecule has 0 spiro atoms. The van der Waals surface area contributed by atoms with Crippen molar-refractivity contribution in [1.82, 2.24) is 9.97 Å². The summed E-state index contributed by atoms with van der Waals surface area (Å²) in [5.74, 6) is -0.508. The molecule has 4 nitrogen and oxygen atoms in total. The topological polar surface area (TPSA) is 51.0 Å². The van der Waals surface area contributed by atoms with Gasteiger partial charge in [0.15, 0.2) is 5.58 Å². The van der Waals surface area contributed by atoms with E-state index in [0.29, 0.717) is 27.4 Å². The molecule has 5 rings (SSSR count). The molecule has 0 radical (unpaired) electrons. The van der Waals surface area contributed by atoms with Gasteiger partial charge in [-0.2, -0.15) is 4.98 Å². The van der Waals surface area contributed by atoms with Gasteiger partial charge >= 0.3 is 0 Å². The minimum Gasteiger partial charge on any atom is -0.423 e. The number of nitrogens with one attached hydrogen (secondary N) is 1. The first kappa shape index (κ1) is 18.9. The van der Waals surface area contributed by atoms with Crippen molar-refractivity contribution < 1.29 is 8.81 Å². The van der Waals surface area contributed by atoms with Crippen LogP contribution in [0, 0.1) is 5.82 Å². The number of pyridine rings is 1. The third-order valence-corrected chi connectivity index (χ3v) is 5.38. The molecular weight excluding hydrogens is 424 g/mol. The maximum Gasteiger partial charge on any atom is 0.296 e. The quantitative estimate of drug-likeness (QED) is 0.328. The zero-order valence-corrected chi connectivity index (χ0v) is 17.0. The van der Waals surface area contributed by atoms with Gasteiger partial charge in [-0.15, -0.1) is 0 Å². The molecule has 1 atom stereocenters. The van der Waals surface area contributed by atoms with E-state index in [2.05, 4.69) is 15.3 Å². The summed E-state index contributed by atoms with van der Waals surface area (Å²) in [7, 11) is 0. The van der Waals surface area contributed by atoms with Crippen LogP contribution < -0.4 is 5.32 Å². The highest BCUT2D eigenvalue weighted by atomic mass is 35.5. The summed E-state index contributed by atoms with van der Waals surface area (Å²) in [5, 5.41) is 5.88. The normalized spacial score (nSPS) is 12.4. The van der Waals surface area contributed by atoms with Crippen LogP contribution in [0.1, 0.15) is 17.3 Å². The monoisotopic (exact) mass is 437 g/mol. The number of hydrogen-bond acceptors (Lipinski definition) is 4. The maximum atomic E-state index is 14.2. The van der Waals surface area contributed by atoms with E-state index in [1.807, 2.05) is 30.3 Å². The Morgan fingerprint density at radius 2 is 1.77 bits per heavy atom. The second-order valence-corrected chi connectivity index (χ2v) is 7.68. The standard InChI is InChI=1S/C23H14Cl2FN3O/c24-16-6-8-19-21(11-16)30-23(28-19)29-22(14-5-7-17(25)18(26)9-14)20-10-13-3-1-2-4-15(13)12-27-20/h1-12,22H,(H,28,29)/t22-/m0/s1. The number of hydrogen-bond donors (Lipinski definition) is 1. The van der Waals surface area contributed by atoms with Crippen LogP contribution >= 0.6 is 23.2 Å². The van der Waals surface area contributed by atoms with Crippen molar-refractivity contribution in [2.24, 2.45) is 0 Å². The molecule has 3 aromatic carbocycles. The Labute approximate surface area is 181 Å². The van der Waals surface area contributed by atoms with Crippen LogP contribution in [0.3, 0.4) is 0 Å². The van der Waals surface area contributed by atoms with Crippen molar-refractivity contribution in [2.75, 3.05) is 5.32 Å². The van der Waals surface area contributed by atoms with Crippen LogP contribution in [0.15, 0.2) is 77.3 Å². The molecule has 30 heavy (non-hydrogen) atoms. The number of halogens is 3. The molecule has 5 aromatic rings. The number of anilines is 1. The predicted octanol–water partition coefficient (Wildman–Crippen LogP) is 7.02. The van der Waals surface area contributed by atoms with Crippen LogP contribution in [-0.4, -0.2) is 9.97 Å². The lowest BCUT2D eigenvalue weighted by Gasteiger charge is -2.18. The average molecular weight is 438 g/mol. The first-order valence-corrected chi connectivity index (χ1v) is 9.95. The summed E-state index contributed by atoms with van der Waals surface area (Å²) in [6.07, 6.45) is 1.79. The molecule has 1 N–H and O–H groups in total. The SMILES string of the molecule is Fc1cc([C@H](Nc2nc3ccc(Cl)cc3o2)c2cc3ccccc3cn2)ccc1Cl. The summed E-state index contributed by atoms with van der Waals surface area (Å²) < 4.78 is 20.0. The van der Waals surface area contributed by atoms with Gasteiger partial charge in [0.25, 0.3) is 6.01 Å². The van der Waals surface area contributed by atoms with Crippen LogP contribution in [0.25, 0.3) is 21.9 Å². The zero-order chi connectivity index (χ0) is 20.7. The second kappa shape index (κ2) is 7.59. The molecule has 2 heterocycles. The zero-order valence-electron chi connectivity index (χ0n) is 15.4. The van der Waals surface area contributed by atoms with Crippen LogP contribution in [-0.2, 0) is 0 Å². The first-order chi connectivity index (χ1) is 14.6. The highest BCUT2D eigenvalue weighted by Gasteiger charge is 2.20. The highest BCUT2D eigenvalue weighted by molar-refractivity contribution is 6.31. The van der Waals surface area contributed by atoms with Crippen molar-refractivity contribution >= 4 is 51.1 Å². The fraction of sp³-hybridized carbons (Fsp3) is 0.0435. The van der Waals surface area contributed by atoms with Crippen molar-refractivity contribution in [3.8, 4) is 0 Å². The molecule has 0 unspecified atom stereocenters. The third-order valence-electron chi connectivity index (χ3n) is 4.84. The van der Waals surface area contributed by atoms with E-state index in [1.165, 1.54) is 12.1 Å². The molecule has 2 aromatic heterocycles. The second-order valence-electron chi connectivity index (χ2n) is 6.84. The lowest BCUT2D eigenvalue weighted by Crippen LogP contribution is -2.14. The van der Waals surface area contributed by atoms with E-state index < -0.39 is 11.9 Å². The average Bonchev–Trinajstić information content (AvgIpc) is 3.15. The van der Waals surface area contributed by atoms with Gasteiger partial charge in [0.2, 0.25) is 0 Å². The van der Waals surface area contributed by atoms with E-state index in [9.17, 15) is 4.39 Å². The molecule has 0 saturated heterocycles. The van der Waals surface area contributed by atoms with Gasteiger partial charge in [-0.25, -0.2) is 4.39 Å². The summed E-state index contributed by atoms with van der Waals surface area (Å²) in [6, 6.07) is 19.5. The van der Waals surface area contributed by atoms with Gasteiger partial charge < -0.3 is 9.73 Å². The predicted molar refractivity (Wildman–Crippen MR) is 118 cm³/mol. The molecule has 0 aliphatic carbocycles. The smallest absolute Gasteiger partial charge is 0.296 e. The van der Waals surface area contributed by atoms with Gasteiger partial charge in [-0.3, -0.25) is 4.98 Å². The van der Waals surface area contributed by atoms with E-state index in [4.69, 9.17) is 27.6 Å². The van der Waals surface area contributed by atoms with E-state index in [-0.39, 0.29) is 11.0 Å². The van der Waals surface area contributed by atoms with Crippen molar-refractivity contribution in [1.29, 1.82) is 0 Å². The Kier molecular flexibility index (Phi) is 4.77. The van der Waals surface area contributed by atoms with E-state index in [0.717, 1.165) is 10.8 Å². The molecule has 0 bridgehead atoms. The summed E-state index contributed by atoms with van der Waals surface area (Å²) in [6.45, 7) is 0. The van der Waals surface area contributed by atoms with Gasteiger partial charge in [0, 0.05) is 22.7 Å². The number of fused-ring (bicyclic) bond motifs is 2. The van der Waals surface area contributed by atoms with Crippen molar-refractivity contribution in [3.63, 3.8) is 0 Å². The van der Waals surface area contributed by atoms with Gasteiger partial charge in [0.05, 0.1) is 16.8 Å². The van der Waals surface area contributed by atoms with E-state index in [1.54, 1.807) is 30.5 Å². The Balaban J connectivity index is 1.61. The highest BCUT2D eigenvalue weighted by Crippen LogP contribution is 2.31. The number of aromatic nitrogens is 2. The van der Waals surface area contributed by atoms with Gasteiger partial charge in [0.1, 0.15) is 11.3 Å². The minimum atomic E-state index is -0.509. The Bertz CT molecular complexity index is 1390. The number of benzene rings is 3. The van der Waals surface area contributed by atoms with Crippen LogP contribution in [0.2, 0.25) is 10.0 Å².